The number of carbonyl (C=O) groups is 1. The van der Waals surface area contributed by atoms with Gasteiger partial charge in [-0.25, -0.2) is 0 Å². The minimum atomic E-state index is 0.0981. The molecule has 0 saturated carbocycles. The summed E-state index contributed by atoms with van der Waals surface area (Å²) in [6.45, 7) is 3.52. The molecule has 2 aliphatic rings. The molecule has 0 aliphatic carbocycles. The van der Waals surface area contributed by atoms with E-state index in [2.05, 4.69) is 12.1 Å². The highest BCUT2D eigenvalue weighted by Gasteiger charge is 2.29. The molecule has 1 aromatic rings. The maximum absolute atomic E-state index is 12.2. The smallest absolute Gasteiger partial charge is 0.138 e. The minimum absolute atomic E-state index is 0.0981. The zero-order valence-electron chi connectivity index (χ0n) is 11.4. The Morgan fingerprint density at radius 1 is 1.37 bits per heavy atom. The molecule has 19 heavy (non-hydrogen) atoms. The monoisotopic (exact) mass is 260 g/mol. The van der Waals surface area contributed by atoms with Gasteiger partial charge in [-0.15, -0.1) is 0 Å². The third-order valence-electron chi connectivity index (χ3n) is 4.20. The SMILES string of the molecule is CC1OCCC1C(=O)CCc1ccc2c(c1)CCO2. The van der Waals surface area contributed by atoms with Crippen LogP contribution in [0.25, 0.3) is 0 Å². The van der Waals surface area contributed by atoms with Crippen LogP contribution in [0.3, 0.4) is 0 Å². The molecule has 2 unspecified atom stereocenters. The second-order valence-corrected chi connectivity index (χ2v) is 5.48. The molecular weight excluding hydrogens is 240 g/mol. The summed E-state index contributed by atoms with van der Waals surface area (Å²) in [7, 11) is 0. The summed E-state index contributed by atoms with van der Waals surface area (Å²) in [4.78, 5) is 12.2. The highest BCUT2D eigenvalue weighted by molar-refractivity contribution is 5.82. The van der Waals surface area contributed by atoms with Crippen LogP contribution < -0.4 is 4.74 Å². The van der Waals surface area contributed by atoms with Crippen LogP contribution in [0.1, 0.15) is 30.9 Å². The molecule has 3 nitrogen and oxygen atoms in total. The van der Waals surface area contributed by atoms with Gasteiger partial charge in [-0.3, -0.25) is 4.79 Å². The van der Waals surface area contributed by atoms with Crippen molar-refractivity contribution in [2.45, 2.75) is 38.7 Å². The van der Waals surface area contributed by atoms with Gasteiger partial charge in [-0.1, -0.05) is 12.1 Å². The molecule has 1 aromatic carbocycles. The van der Waals surface area contributed by atoms with Crippen molar-refractivity contribution in [1.82, 2.24) is 0 Å². The van der Waals surface area contributed by atoms with Crippen molar-refractivity contribution in [3.05, 3.63) is 29.3 Å². The average molecular weight is 260 g/mol. The summed E-state index contributed by atoms with van der Waals surface area (Å²) in [5, 5.41) is 0. The van der Waals surface area contributed by atoms with E-state index < -0.39 is 0 Å². The summed E-state index contributed by atoms with van der Waals surface area (Å²) in [5.74, 6) is 1.47. The van der Waals surface area contributed by atoms with E-state index in [9.17, 15) is 4.79 Å². The number of ether oxygens (including phenoxy) is 2. The molecule has 0 radical (unpaired) electrons. The van der Waals surface area contributed by atoms with Crippen molar-refractivity contribution in [3.63, 3.8) is 0 Å². The summed E-state index contributed by atoms with van der Waals surface area (Å²) in [5.41, 5.74) is 2.52. The molecule has 1 saturated heterocycles. The van der Waals surface area contributed by atoms with Gasteiger partial charge in [-0.2, -0.15) is 0 Å². The molecule has 2 aliphatic heterocycles. The minimum Gasteiger partial charge on any atom is -0.493 e. The van der Waals surface area contributed by atoms with Crippen LogP contribution >= 0.6 is 0 Å². The standard InChI is InChI=1S/C16H20O3/c1-11-14(7-9-18-11)15(17)4-2-12-3-5-16-13(10-12)6-8-19-16/h3,5,10-11,14H,2,4,6-9H2,1H3. The number of hydrogen-bond acceptors (Lipinski definition) is 3. The highest BCUT2D eigenvalue weighted by atomic mass is 16.5. The van der Waals surface area contributed by atoms with Crippen molar-refractivity contribution in [2.75, 3.05) is 13.2 Å². The fraction of sp³-hybridized carbons (Fsp3) is 0.562. The quantitative estimate of drug-likeness (QED) is 0.834. The Hall–Kier alpha value is -1.35. The third kappa shape index (κ3) is 2.66. The number of Topliss-reactive ketones (excluding diaryl/α,β-unsaturated/α-hetero) is 1. The van der Waals surface area contributed by atoms with E-state index >= 15 is 0 Å². The summed E-state index contributed by atoms with van der Waals surface area (Å²) >= 11 is 0. The zero-order chi connectivity index (χ0) is 13.2. The first-order chi connectivity index (χ1) is 9.24. The summed E-state index contributed by atoms with van der Waals surface area (Å²) in [6.07, 6.45) is 3.43. The molecule has 3 rings (SSSR count). The van der Waals surface area contributed by atoms with Gasteiger partial charge in [-0.05, 0) is 37.0 Å². The fourth-order valence-electron chi connectivity index (χ4n) is 3.00. The van der Waals surface area contributed by atoms with Gasteiger partial charge in [0, 0.05) is 25.4 Å². The first kappa shape index (κ1) is 12.7. The van der Waals surface area contributed by atoms with Crippen LogP contribution in [0.5, 0.6) is 5.75 Å². The van der Waals surface area contributed by atoms with E-state index in [4.69, 9.17) is 9.47 Å². The molecule has 0 spiro atoms. The van der Waals surface area contributed by atoms with Gasteiger partial charge in [0.2, 0.25) is 0 Å². The van der Waals surface area contributed by atoms with Gasteiger partial charge in [0.25, 0.3) is 0 Å². The molecule has 102 valence electrons. The molecule has 2 heterocycles. The van der Waals surface area contributed by atoms with E-state index in [-0.39, 0.29) is 12.0 Å². The van der Waals surface area contributed by atoms with E-state index in [0.29, 0.717) is 12.2 Å². The fourth-order valence-corrected chi connectivity index (χ4v) is 3.00. The van der Waals surface area contributed by atoms with Crippen molar-refractivity contribution < 1.29 is 14.3 Å². The molecule has 1 fully saturated rings. The first-order valence-corrected chi connectivity index (χ1v) is 7.13. The Kier molecular flexibility index (Phi) is 3.56. The summed E-state index contributed by atoms with van der Waals surface area (Å²) < 4.78 is 11.0. The van der Waals surface area contributed by atoms with Gasteiger partial charge in [0.15, 0.2) is 0 Å². The van der Waals surface area contributed by atoms with E-state index in [1.807, 2.05) is 13.0 Å². The Morgan fingerprint density at radius 2 is 2.26 bits per heavy atom. The largest absolute Gasteiger partial charge is 0.493 e. The maximum atomic E-state index is 12.2. The van der Waals surface area contributed by atoms with Crippen molar-refractivity contribution >= 4 is 5.78 Å². The van der Waals surface area contributed by atoms with Crippen molar-refractivity contribution in [1.29, 1.82) is 0 Å². The van der Waals surface area contributed by atoms with Crippen LogP contribution in [0.2, 0.25) is 0 Å². The topological polar surface area (TPSA) is 35.5 Å². The predicted molar refractivity (Wildman–Crippen MR) is 72.5 cm³/mol. The molecule has 0 bridgehead atoms. The molecular formula is C16H20O3. The van der Waals surface area contributed by atoms with Gasteiger partial charge in [0.1, 0.15) is 11.5 Å². The number of aryl methyl sites for hydroxylation is 1. The van der Waals surface area contributed by atoms with E-state index in [0.717, 1.165) is 38.2 Å². The lowest BCUT2D eigenvalue weighted by Crippen LogP contribution is -2.21. The highest BCUT2D eigenvalue weighted by Crippen LogP contribution is 2.27. The van der Waals surface area contributed by atoms with Crippen molar-refractivity contribution in [2.24, 2.45) is 5.92 Å². The predicted octanol–water partition coefficient (Wildman–Crippen LogP) is 2.55. The second kappa shape index (κ2) is 5.33. The van der Waals surface area contributed by atoms with Crippen LogP contribution in [0.4, 0.5) is 0 Å². The van der Waals surface area contributed by atoms with Gasteiger partial charge in [0.05, 0.1) is 12.7 Å². The number of rotatable bonds is 4. The van der Waals surface area contributed by atoms with E-state index in [1.54, 1.807) is 0 Å². The van der Waals surface area contributed by atoms with Crippen molar-refractivity contribution in [3.8, 4) is 5.75 Å². The molecule has 0 N–H and O–H groups in total. The average Bonchev–Trinajstić information content (AvgIpc) is 3.03. The Morgan fingerprint density at radius 3 is 3.05 bits per heavy atom. The molecule has 3 heteroatoms. The Balaban J connectivity index is 1.58. The Bertz CT molecular complexity index is 481. The summed E-state index contributed by atoms with van der Waals surface area (Å²) in [6, 6.07) is 6.29. The number of fused-ring (bicyclic) bond motifs is 1. The molecule has 0 aromatic heterocycles. The number of carbonyl (C=O) groups excluding carboxylic acids is 1. The van der Waals surface area contributed by atoms with Crippen LogP contribution in [0.15, 0.2) is 18.2 Å². The van der Waals surface area contributed by atoms with Crippen LogP contribution in [-0.2, 0) is 22.4 Å². The van der Waals surface area contributed by atoms with Gasteiger partial charge < -0.3 is 9.47 Å². The lowest BCUT2D eigenvalue weighted by atomic mass is 9.93. The van der Waals surface area contributed by atoms with E-state index in [1.165, 1.54) is 11.1 Å². The second-order valence-electron chi connectivity index (χ2n) is 5.48. The normalized spacial score (nSPS) is 25.1. The lowest BCUT2D eigenvalue weighted by Gasteiger charge is -2.12. The number of benzene rings is 1. The molecule has 0 amide bonds. The third-order valence-corrected chi connectivity index (χ3v) is 4.20. The lowest BCUT2D eigenvalue weighted by molar-refractivity contribution is -0.124. The zero-order valence-corrected chi connectivity index (χ0v) is 11.4. The van der Waals surface area contributed by atoms with Crippen LogP contribution in [-0.4, -0.2) is 25.1 Å². The number of hydrogen-bond donors (Lipinski definition) is 0. The maximum Gasteiger partial charge on any atom is 0.138 e. The van der Waals surface area contributed by atoms with Crippen LogP contribution in [0, 0.1) is 5.92 Å². The molecule has 2 atom stereocenters. The van der Waals surface area contributed by atoms with Gasteiger partial charge >= 0.3 is 0 Å². The first-order valence-electron chi connectivity index (χ1n) is 7.13. The number of ketones is 1. The Labute approximate surface area is 113 Å².